The maximum atomic E-state index is 11.7. The van der Waals surface area contributed by atoms with E-state index in [1.54, 1.807) is 13.0 Å². The number of nitrogens with one attached hydrogen (secondary N) is 1. The topological polar surface area (TPSA) is 124 Å². The predicted molar refractivity (Wildman–Crippen MR) is 123 cm³/mol. The molecule has 1 amide bonds. The van der Waals surface area contributed by atoms with Crippen molar-refractivity contribution >= 4 is 12.1 Å². The van der Waals surface area contributed by atoms with Crippen LogP contribution in [0.2, 0.25) is 0 Å². The number of alkyl carbamates (subject to hydrolysis) is 1. The second kappa shape index (κ2) is 17.9. The van der Waals surface area contributed by atoms with Crippen LogP contribution in [0.1, 0.15) is 38.2 Å². The zero-order valence-electron chi connectivity index (χ0n) is 20.6. The van der Waals surface area contributed by atoms with E-state index in [0.717, 1.165) is 0 Å². The van der Waals surface area contributed by atoms with Crippen LogP contribution in [0.3, 0.4) is 0 Å². The van der Waals surface area contributed by atoms with Crippen LogP contribution in [-0.2, 0) is 28.4 Å². The summed E-state index contributed by atoms with van der Waals surface area (Å²) < 4.78 is 37.2. The normalized spacial score (nSPS) is 11.2. The number of rotatable bonds is 18. The van der Waals surface area contributed by atoms with E-state index in [1.807, 2.05) is 20.8 Å². The molecule has 194 valence electrons. The summed E-state index contributed by atoms with van der Waals surface area (Å²) in [5.74, 6) is 0.0452. The summed E-state index contributed by atoms with van der Waals surface area (Å²) in [6.07, 6.45) is 1.04. The molecule has 0 aliphatic rings. The van der Waals surface area contributed by atoms with E-state index >= 15 is 0 Å². The maximum Gasteiger partial charge on any atom is 0.407 e. The van der Waals surface area contributed by atoms with Crippen LogP contribution in [0.15, 0.2) is 18.3 Å². The second-order valence-electron chi connectivity index (χ2n) is 7.82. The van der Waals surface area contributed by atoms with Crippen molar-refractivity contribution in [3.63, 3.8) is 0 Å². The summed E-state index contributed by atoms with van der Waals surface area (Å²) in [6, 6.07) is 3.20. The summed E-state index contributed by atoms with van der Waals surface area (Å²) in [5.41, 5.74) is -0.307. The zero-order chi connectivity index (χ0) is 25.1. The lowest BCUT2D eigenvalue weighted by molar-refractivity contribution is -0.00456. The monoisotopic (exact) mass is 486 g/mol. The molecule has 0 saturated heterocycles. The van der Waals surface area contributed by atoms with Gasteiger partial charge < -0.3 is 38.5 Å². The number of ether oxygens (including phenoxy) is 7. The number of nitrogens with zero attached hydrogens (tertiary/aromatic N) is 1. The third-order valence-electron chi connectivity index (χ3n) is 3.74. The van der Waals surface area contributed by atoms with Crippen molar-refractivity contribution in [2.45, 2.75) is 33.3 Å². The smallest absolute Gasteiger partial charge is 0.407 e. The van der Waals surface area contributed by atoms with E-state index in [1.165, 1.54) is 12.3 Å². The van der Waals surface area contributed by atoms with Gasteiger partial charge in [-0.3, -0.25) is 0 Å². The molecule has 1 aromatic rings. The fourth-order valence-electron chi connectivity index (χ4n) is 2.34. The minimum absolute atomic E-state index is 0.206. The minimum atomic E-state index is -0.514. The third-order valence-corrected chi connectivity index (χ3v) is 3.74. The Bertz CT molecular complexity index is 695. The molecule has 1 rings (SSSR count). The van der Waals surface area contributed by atoms with Crippen LogP contribution in [-0.4, -0.2) is 95.3 Å². The SMILES string of the molecule is CCOC(=O)c1cc(OCCOCCOCCOCCOCCNC(=O)OC(C)(C)C)ccn1. The number of carbonyl (C=O) groups is 2. The molecule has 0 atom stereocenters. The van der Waals surface area contributed by atoms with Crippen LogP contribution in [0.25, 0.3) is 0 Å². The molecule has 1 aromatic heterocycles. The lowest BCUT2D eigenvalue weighted by Gasteiger charge is -2.19. The largest absolute Gasteiger partial charge is 0.491 e. The Morgan fingerprint density at radius 2 is 1.44 bits per heavy atom. The van der Waals surface area contributed by atoms with E-state index in [0.29, 0.717) is 78.4 Å². The van der Waals surface area contributed by atoms with E-state index in [-0.39, 0.29) is 5.69 Å². The molecule has 1 N–H and O–H groups in total. The minimum Gasteiger partial charge on any atom is -0.491 e. The van der Waals surface area contributed by atoms with Crippen LogP contribution in [0, 0.1) is 0 Å². The number of amides is 1. The van der Waals surface area contributed by atoms with Crippen LogP contribution in [0.5, 0.6) is 5.75 Å². The molecule has 0 aliphatic heterocycles. The Labute approximate surface area is 201 Å². The van der Waals surface area contributed by atoms with Gasteiger partial charge in [0, 0.05) is 18.8 Å². The summed E-state index contributed by atoms with van der Waals surface area (Å²) >= 11 is 0. The molecule has 34 heavy (non-hydrogen) atoms. The standard InChI is InChI=1S/C23H38N2O9/c1-5-32-21(26)20-18-19(6-7-24-20)33-17-16-31-15-14-30-13-12-29-11-10-28-9-8-25-22(27)34-23(2,3)4/h6-7,18H,5,8-17H2,1-4H3,(H,25,27). The Balaban J connectivity index is 1.87. The number of pyridine rings is 1. The Morgan fingerprint density at radius 1 is 0.882 bits per heavy atom. The second-order valence-corrected chi connectivity index (χ2v) is 7.82. The molecule has 11 nitrogen and oxygen atoms in total. The van der Waals surface area contributed by atoms with Gasteiger partial charge in [0.15, 0.2) is 5.69 Å². The van der Waals surface area contributed by atoms with Crippen molar-refractivity contribution in [1.29, 1.82) is 0 Å². The number of carbonyl (C=O) groups excluding carboxylic acids is 2. The first-order valence-corrected chi connectivity index (χ1v) is 11.4. The highest BCUT2D eigenvalue weighted by molar-refractivity contribution is 5.87. The molecule has 0 unspecified atom stereocenters. The third kappa shape index (κ3) is 16.2. The molecule has 0 aliphatic carbocycles. The number of hydrogen-bond donors (Lipinski definition) is 1. The molecule has 0 aromatic carbocycles. The Morgan fingerprint density at radius 3 is 2.00 bits per heavy atom. The van der Waals surface area contributed by atoms with Crippen molar-refractivity contribution in [1.82, 2.24) is 10.3 Å². The Hall–Kier alpha value is -2.47. The van der Waals surface area contributed by atoms with Crippen molar-refractivity contribution in [3.05, 3.63) is 24.0 Å². The summed E-state index contributed by atoms with van der Waals surface area (Å²) in [4.78, 5) is 27.1. The van der Waals surface area contributed by atoms with Gasteiger partial charge in [-0.25, -0.2) is 14.6 Å². The number of esters is 1. The van der Waals surface area contributed by atoms with E-state index in [4.69, 9.17) is 33.2 Å². The number of hydrogen-bond acceptors (Lipinski definition) is 10. The average Bonchev–Trinajstić information content (AvgIpc) is 2.78. The highest BCUT2D eigenvalue weighted by atomic mass is 16.6. The Kier molecular flexibility index (Phi) is 15.6. The van der Waals surface area contributed by atoms with Crippen molar-refractivity contribution < 1.29 is 42.7 Å². The lowest BCUT2D eigenvalue weighted by atomic mass is 10.2. The first kappa shape index (κ1) is 29.6. The maximum absolute atomic E-state index is 11.7. The average molecular weight is 487 g/mol. The van der Waals surface area contributed by atoms with Gasteiger partial charge in [-0.15, -0.1) is 0 Å². The van der Waals surface area contributed by atoms with Gasteiger partial charge in [0.1, 0.15) is 18.0 Å². The molecule has 0 spiro atoms. The molecular formula is C23H38N2O9. The lowest BCUT2D eigenvalue weighted by Crippen LogP contribution is -2.34. The summed E-state index contributed by atoms with van der Waals surface area (Å²) in [5, 5.41) is 2.62. The van der Waals surface area contributed by atoms with E-state index < -0.39 is 17.7 Å². The van der Waals surface area contributed by atoms with E-state index in [2.05, 4.69) is 10.3 Å². The fraction of sp³-hybridized carbons (Fsp3) is 0.696. The van der Waals surface area contributed by atoms with Gasteiger partial charge in [0.05, 0.1) is 59.5 Å². The van der Waals surface area contributed by atoms with Gasteiger partial charge in [0.2, 0.25) is 0 Å². The highest BCUT2D eigenvalue weighted by Gasteiger charge is 2.15. The zero-order valence-corrected chi connectivity index (χ0v) is 20.6. The van der Waals surface area contributed by atoms with Gasteiger partial charge in [-0.2, -0.15) is 0 Å². The highest BCUT2D eigenvalue weighted by Crippen LogP contribution is 2.11. The van der Waals surface area contributed by atoms with Crippen molar-refractivity contribution in [3.8, 4) is 5.75 Å². The van der Waals surface area contributed by atoms with Gasteiger partial charge in [0.25, 0.3) is 0 Å². The van der Waals surface area contributed by atoms with E-state index in [9.17, 15) is 9.59 Å². The summed E-state index contributed by atoms with van der Waals surface area (Å²) in [7, 11) is 0. The van der Waals surface area contributed by atoms with Crippen LogP contribution in [0.4, 0.5) is 4.79 Å². The molecule has 0 bridgehead atoms. The quantitative estimate of drug-likeness (QED) is 0.244. The first-order valence-electron chi connectivity index (χ1n) is 11.4. The van der Waals surface area contributed by atoms with Gasteiger partial charge >= 0.3 is 12.1 Å². The first-order chi connectivity index (χ1) is 16.3. The molecular weight excluding hydrogens is 448 g/mol. The van der Waals surface area contributed by atoms with Gasteiger partial charge in [-0.1, -0.05) is 0 Å². The molecule has 0 radical (unpaired) electrons. The fourth-order valence-corrected chi connectivity index (χ4v) is 2.34. The molecule has 1 heterocycles. The molecule has 0 saturated carbocycles. The number of aromatic nitrogens is 1. The van der Waals surface area contributed by atoms with Crippen LogP contribution < -0.4 is 10.1 Å². The van der Waals surface area contributed by atoms with Crippen molar-refractivity contribution in [2.24, 2.45) is 0 Å². The predicted octanol–water partition coefficient (Wildman–Crippen LogP) is 2.23. The van der Waals surface area contributed by atoms with Gasteiger partial charge in [-0.05, 0) is 33.8 Å². The van der Waals surface area contributed by atoms with Crippen molar-refractivity contribution in [2.75, 3.05) is 72.6 Å². The molecule has 0 fully saturated rings. The van der Waals surface area contributed by atoms with Crippen LogP contribution >= 0.6 is 0 Å². The summed E-state index contributed by atoms with van der Waals surface area (Å²) in [6.45, 7) is 11.6. The molecule has 11 heteroatoms.